The van der Waals surface area contributed by atoms with Gasteiger partial charge in [0.1, 0.15) is 5.69 Å². The number of hydrogen-bond acceptors (Lipinski definition) is 6. The van der Waals surface area contributed by atoms with E-state index in [-0.39, 0.29) is 23.6 Å². The van der Waals surface area contributed by atoms with Gasteiger partial charge in [0.15, 0.2) is 0 Å². The molecule has 5 aliphatic rings. The van der Waals surface area contributed by atoms with Crippen molar-refractivity contribution in [2.45, 2.75) is 57.3 Å². The normalized spacial score (nSPS) is 26.6. The molecule has 3 aliphatic heterocycles. The van der Waals surface area contributed by atoms with E-state index in [9.17, 15) is 23.2 Å². The highest BCUT2D eigenvalue weighted by molar-refractivity contribution is 6.01. The van der Waals surface area contributed by atoms with Crippen molar-refractivity contribution in [3.05, 3.63) is 70.9 Å². The van der Waals surface area contributed by atoms with Crippen LogP contribution < -0.4 is 10.2 Å². The first-order valence-electron chi connectivity index (χ1n) is 18.3. The summed E-state index contributed by atoms with van der Waals surface area (Å²) in [5.74, 6) is -3.29. The Hall–Kier alpha value is -4.58. The molecule has 2 aromatic carbocycles. The average Bonchev–Trinajstić information content (AvgIpc) is 3.52. The number of nitrogens with zero attached hydrogens (tertiary/aromatic N) is 4. The topological polar surface area (TPSA) is 117 Å². The first-order valence-corrected chi connectivity index (χ1v) is 18.3. The zero-order valence-corrected chi connectivity index (χ0v) is 28.8. The van der Waals surface area contributed by atoms with E-state index in [2.05, 4.69) is 42.4 Å². The number of benzene rings is 2. The number of fused-ring (bicyclic) bond motifs is 3. The molecule has 1 saturated carbocycles. The largest absolute Gasteiger partial charge is 0.372 e. The predicted octanol–water partition coefficient (Wildman–Crippen LogP) is 5.12. The van der Waals surface area contributed by atoms with Crippen LogP contribution in [-0.4, -0.2) is 94.4 Å². The monoisotopic (exact) mass is 695 g/mol. The zero-order chi connectivity index (χ0) is 35.1. The van der Waals surface area contributed by atoms with Crippen molar-refractivity contribution >= 4 is 34.3 Å². The summed E-state index contributed by atoms with van der Waals surface area (Å²) in [6.45, 7) is 7.77. The molecule has 3 amide bonds. The number of rotatable bonds is 6. The van der Waals surface area contributed by atoms with Gasteiger partial charge < -0.3 is 14.8 Å². The number of imide groups is 1. The second-order valence-electron chi connectivity index (χ2n) is 15.6. The van der Waals surface area contributed by atoms with Gasteiger partial charge in [0, 0.05) is 103 Å². The van der Waals surface area contributed by atoms with Crippen LogP contribution in [0.5, 0.6) is 0 Å². The number of halogens is 2. The standard InChI is InChI=1S/C39H43F2N7O3/c1-38-21-32-29(20-33(38)39(38,40)41)35(45-44-32)31-18-25-2-3-26(19-30(25)42-31)37(51)48-16-14-46(15-17-48)22-23-10-12-47(13-11-23)27-6-4-24(5-7-27)28-8-9-34(49)43-36(28)50/h2-7,18-19,23,28,33,42H,8-17,20-22H2,1H3,(H,44,45)(H,43,49,50). The molecule has 4 fully saturated rings. The van der Waals surface area contributed by atoms with Crippen molar-refractivity contribution in [3.8, 4) is 11.4 Å². The van der Waals surface area contributed by atoms with E-state index in [1.54, 1.807) is 6.92 Å². The van der Waals surface area contributed by atoms with Gasteiger partial charge in [-0.25, -0.2) is 8.78 Å². The smallest absolute Gasteiger partial charge is 0.258 e. The number of H-pyrrole nitrogens is 2. The van der Waals surface area contributed by atoms with E-state index < -0.39 is 17.3 Å². The third-order valence-corrected chi connectivity index (χ3v) is 12.6. The van der Waals surface area contributed by atoms with Crippen LogP contribution in [0.25, 0.3) is 22.3 Å². The minimum atomic E-state index is -2.64. The number of nitrogens with one attached hydrogen (secondary N) is 3. The summed E-state index contributed by atoms with van der Waals surface area (Å²) in [5.41, 5.74) is 5.78. The van der Waals surface area contributed by atoms with Crippen LogP contribution in [0, 0.1) is 17.3 Å². The van der Waals surface area contributed by atoms with Crippen LogP contribution >= 0.6 is 0 Å². The first kappa shape index (κ1) is 32.3. The van der Waals surface area contributed by atoms with Crippen molar-refractivity contribution in [1.82, 2.24) is 30.3 Å². The molecular formula is C39H43F2N7O3. The maximum atomic E-state index is 14.5. The Bertz CT molecular complexity index is 2020. The second-order valence-corrected chi connectivity index (χ2v) is 15.6. The Labute approximate surface area is 294 Å². The van der Waals surface area contributed by atoms with Gasteiger partial charge in [-0.2, -0.15) is 5.10 Å². The van der Waals surface area contributed by atoms with E-state index >= 15 is 0 Å². The van der Waals surface area contributed by atoms with Crippen molar-refractivity contribution in [2.75, 3.05) is 50.7 Å². The fraction of sp³-hybridized carbons (Fsp3) is 0.487. The maximum absolute atomic E-state index is 14.5. The fourth-order valence-corrected chi connectivity index (χ4v) is 9.20. The second kappa shape index (κ2) is 12.0. The van der Waals surface area contributed by atoms with E-state index in [0.717, 1.165) is 79.0 Å². The van der Waals surface area contributed by atoms with Gasteiger partial charge in [0.05, 0.1) is 11.6 Å². The van der Waals surface area contributed by atoms with E-state index in [0.29, 0.717) is 55.9 Å². The highest BCUT2D eigenvalue weighted by Gasteiger charge is 2.78. The first-order chi connectivity index (χ1) is 24.6. The molecule has 51 heavy (non-hydrogen) atoms. The number of piperidine rings is 2. The number of alkyl halides is 2. The number of anilines is 1. The Morgan fingerprint density at radius 3 is 2.47 bits per heavy atom. The SMILES string of the molecule is CC12Cc3[nH]nc(-c4cc5ccc(C(=O)N6CCN(CC7CCN(c8ccc(C9CCC(=O)NC9=O)cc8)CC7)CC6)cc5[nH]4)c3CC1C2(F)F. The molecule has 3 N–H and O–H groups in total. The third kappa shape index (κ3) is 5.53. The summed E-state index contributed by atoms with van der Waals surface area (Å²) < 4.78 is 28.9. The Morgan fingerprint density at radius 2 is 1.73 bits per heavy atom. The minimum Gasteiger partial charge on any atom is -0.372 e. The van der Waals surface area contributed by atoms with Crippen molar-refractivity contribution in [1.29, 1.82) is 0 Å². The van der Waals surface area contributed by atoms with Crippen molar-refractivity contribution in [3.63, 3.8) is 0 Å². The number of hydrogen-bond donors (Lipinski definition) is 3. The number of piperazine rings is 1. The molecule has 10 nitrogen and oxygen atoms in total. The molecule has 2 aromatic heterocycles. The van der Waals surface area contributed by atoms with Crippen molar-refractivity contribution in [2.24, 2.45) is 17.3 Å². The summed E-state index contributed by atoms with van der Waals surface area (Å²) >= 11 is 0. The number of aromatic nitrogens is 3. The minimum absolute atomic E-state index is 0.0250. The molecule has 0 radical (unpaired) electrons. The lowest BCUT2D eigenvalue weighted by molar-refractivity contribution is -0.134. The van der Waals surface area contributed by atoms with E-state index in [1.807, 2.05) is 41.3 Å². The molecule has 9 rings (SSSR count). The molecular weight excluding hydrogens is 652 g/mol. The van der Waals surface area contributed by atoms with Crippen LogP contribution in [0.4, 0.5) is 14.5 Å². The summed E-state index contributed by atoms with van der Waals surface area (Å²) in [6.07, 6.45) is 3.80. The predicted molar refractivity (Wildman–Crippen MR) is 189 cm³/mol. The number of carbonyl (C=O) groups is 3. The van der Waals surface area contributed by atoms with Crippen LogP contribution in [0.3, 0.4) is 0 Å². The molecule has 3 unspecified atom stereocenters. The molecule has 12 heteroatoms. The van der Waals surface area contributed by atoms with Gasteiger partial charge in [-0.3, -0.25) is 29.7 Å². The highest BCUT2D eigenvalue weighted by atomic mass is 19.3. The van der Waals surface area contributed by atoms with E-state index in [4.69, 9.17) is 0 Å². The van der Waals surface area contributed by atoms with Crippen LogP contribution in [0.2, 0.25) is 0 Å². The molecule has 3 atom stereocenters. The number of amides is 3. The summed E-state index contributed by atoms with van der Waals surface area (Å²) in [4.78, 5) is 47.6. The van der Waals surface area contributed by atoms with Crippen LogP contribution in [0.15, 0.2) is 48.5 Å². The van der Waals surface area contributed by atoms with Gasteiger partial charge in [0.2, 0.25) is 11.8 Å². The number of carbonyl (C=O) groups excluding carboxylic acids is 3. The van der Waals surface area contributed by atoms with Gasteiger partial charge in [-0.1, -0.05) is 25.1 Å². The Morgan fingerprint density at radius 1 is 0.961 bits per heavy atom. The molecule has 3 saturated heterocycles. The molecule has 0 spiro atoms. The molecule has 2 aliphatic carbocycles. The van der Waals surface area contributed by atoms with Gasteiger partial charge in [-0.15, -0.1) is 0 Å². The zero-order valence-electron chi connectivity index (χ0n) is 28.8. The van der Waals surface area contributed by atoms with Gasteiger partial charge in [0.25, 0.3) is 11.8 Å². The van der Waals surface area contributed by atoms with Crippen molar-refractivity contribution < 1.29 is 23.2 Å². The lowest BCUT2D eigenvalue weighted by atomic mass is 9.87. The highest BCUT2D eigenvalue weighted by Crippen LogP contribution is 2.70. The summed E-state index contributed by atoms with van der Waals surface area (Å²) in [6, 6.07) is 16.0. The maximum Gasteiger partial charge on any atom is 0.258 e. The average molecular weight is 696 g/mol. The lowest BCUT2D eigenvalue weighted by Gasteiger charge is -2.39. The Kier molecular flexibility index (Phi) is 7.61. The molecule has 5 heterocycles. The van der Waals surface area contributed by atoms with Crippen LogP contribution in [-0.2, 0) is 22.4 Å². The fourth-order valence-electron chi connectivity index (χ4n) is 9.20. The third-order valence-electron chi connectivity index (χ3n) is 12.6. The molecule has 4 aromatic rings. The van der Waals surface area contributed by atoms with Gasteiger partial charge >= 0.3 is 0 Å². The van der Waals surface area contributed by atoms with E-state index in [1.165, 1.54) is 5.69 Å². The molecule has 266 valence electrons. The quantitative estimate of drug-likeness (QED) is 0.241. The Balaban J connectivity index is 0.767. The summed E-state index contributed by atoms with van der Waals surface area (Å²) in [7, 11) is 0. The number of aromatic amines is 2. The lowest BCUT2D eigenvalue weighted by Crippen LogP contribution is -2.50. The van der Waals surface area contributed by atoms with Gasteiger partial charge in [-0.05, 0) is 67.5 Å². The molecule has 0 bridgehead atoms. The van der Waals surface area contributed by atoms with Crippen LogP contribution in [0.1, 0.15) is 65.7 Å². The summed E-state index contributed by atoms with van der Waals surface area (Å²) in [5, 5.41) is 10.9.